The topological polar surface area (TPSA) is 87.5 Å². The number of methoxy groups -OCH3 is 1. The van der Waals surface area contributed by atoms with Gasteiger partial charge in [0, 0.05) is 62.8 Å². The Morgan fingerprint density at radius 1 is 0.971 bits per heavy atom. The van der Waals surface area contributed by atoms with Gasteiger partial charge in [-0.25, -0.2) is 0 Å². The van der Waals surface area contributed by atoms with Crippen molar-refractivity contribution in [3.8, 4) is 5.75 Å². The molecule has 1 aromatic heterocycles. The Balaban J connectivity index is 1.46. The van der Waals surface area contributed by atoms with Crippen LogP contribution in [-0.2, 0) is 4.74 Å². The molecule has 3 aromatic rings. The maximum Gasteiger partial charge on any atom is 0.291 e. The van der Waals surface area contributed by atoms with Crippen molar-refractivity contribution in [3.63, 3.8) is 0 Å². The lowest BCUT2D eigenvalue weighted by Crippen LogP contribution is -2.44. The van der Waals surface area contributed by atoms with Gasteiger partial charge in [0.1, 0.15) is 5.75 Å². The van der Waals surface area contributed by atoms with E-state index >= 15 is 0 Å². The van der Waals surface area contributed by atoms with Gasteiger partial charge >= 0.3 is 0 Å². The molecule has 1 amide bonds. The van der Waals surface area contributed by atoms with E-state index in [9.17, 15) is 9.59 Å². The van der Waals surface area contributed by atoms with E-state index in [2.05, 4.69) is 27.1 Å². The number of rotatable bonds is 5. The zero-order valence-corrected chi connectivity index (χ0v) is 20.1. The molecule has 5 rings (SSSR count). The van der Waals surface area contributed by atoms with Crippen molar-refractivity contribution in [1.82, 2.24) is 4.90 Å². The van der Waals surface area contributed by atoms with Crippen LogP contribution < -0.4 is 25.3 Å². The van der Waals surface area contributed by atoms with E-state index in [4.69, 9.17) is 13.9 Å². The van der Waals surface area contributed by atoms with Crippen LogP contribution in [0.4, 0.5) is 17.1 Å². The van der Waals surface area contributed by atoms with E-state index in [1.807, 2.05) is 30.3 Å². The lowest BCUT2D eigenvalue weighted by molar-refractivity contribution is 0.0997. The van der Waals surface area contributed by atoms with E-state index in [0.717, 1.165) is 50.6 Å². The van der Waals surface area contributed by atoms with Crippen LogP contribution in [0.5, 0.6) is 5.75 Å². The molecule has 1 N–H and O–H groups in total. The van der Waals surface area contributed by atoms with Crippen LogP contribution in [0.25, 0.3) is 11.0 Å². The highest BCUT2D eigenvalue weighted by Gasteiger charge is 2.22. The van der Waals surface area contributed by atoms with Crippen LogP contribution >= 0.6 is 0 Å². The molecule has 2 fully saturated rings. The molecule has 0 radical (unpaired) electrons. The first kappa shape index (κ1) is 23.2. The van der Waals surface area contributed by atoms with Gasteiger partial charge in [-0.3, -0.25) is 9.59 Å². The van der Waals surface area contributed by atoms with E-state index < -0.39 is 5.91 Å². The van der Waals surface area contributed by atoms with Gasteiger partial charge in [0.25, 0.3) is 5.91 Å². The third kappa shape index (κ3) is 4.96. The Hall–Kier alpha value is -3.56. The SMILES string of the molecule is COc1cc(N2CCN(C)CC2)c2oc(C(=O)Nc3cccc(N4CCOCC4)c3)cc(=O)c2c1. The summed E-state index contributed by atoms with van der Waals surface area (Å²) in [6.45, 7) is 6.31. The predicted octanol–water partition coefficient (Wildman–Crippen LogP) is 2.64. The average Bonchev–Trinajstić information content (AvgIpc) is 2.89. The number of morpholine rings is 1. The number of ether oxygens (including phenoxy) is 2. The molecule has 2 aromatic carbocycles. The molecule has 2 saturated heterocycles. The van der Waals surface area contributed by atoms with E-state index in [1.165, 1.54) is 6.07 Å². The van der Waals surface area contributed by atoms with Gasteiger partial charge in [-0.05, 0) is 31.3 Å². The predicted molar refractivity (Wildman–Crippen MR) is 136 cm³/mol. The van der Waals surface area contributed by atoms with E-state index in [-0.39, 0.29) is 11.2 Å². The van der Waals surface area contributed by atoms with Crippen LogP contribution in [-0.4, -0.2) is 77.4 Å². The molecule has 0 aliphatic carbocycles. The van der Waals surface area contributed by atoms with Crippen LogP contribution in [0.2, 0.25) is 0 Å². The maximum atomic E-state index is 13.1. The van der Waals surface area contributed by atoms with Gasteiger partial charge in [-0.1, -0.05) is 6.07 Å². The van der Waals surface area contributed by atoms with Crippen molar-refractivity contribution in [2.45, 2.75) is 0 Å². The van der Waals surface area contributed by atoms with Crippen molar-refractivity contribution >= 4 is 33.9 Å². The normalized spacial score (nSPS) is 17.0. The highest BCUT2D eigenvalue weighted by Crippen LogP contribution is 2.32. The fourth-order valence-corrected chi connectivity index (χ4v) is 4.52. The van der Waals surface area contributed by atoms with E-state index in [0.29, 0.717) is 35.6 Å². The summed E-state index contributed by atoms with van der Waals surface area (Å²) in [6, 6.07) is 12.4. The Bertz CT molecular complexity index is 1280. The lowest BCUT2D eigenvalue weighted by atomic mass is 10.1. The molecule has 3 heterocycles. The Kier molecular flexibility index (Phi) is 6.61. The van der Waals surface area contributed by atoms with Crippen molar-refractivity contribution in [3.05, 3.63) is 58.4 Å². The number of amides is 1. The minimum absolute atomic E-state index is 0.0279. The van der Waals surface area contributed by atoms with Gasteiger partial charge in [-0.2, -0.15) is 0 Å². The maximum absolute atomic E-state index is 13.1. The zero-order valence-electron chi connectivity index (χ0n) is 20.1. The summed E-state index contributed by atoms with van der Waals surface area (Å²) in [6.07, 6.45) is 0. The number of benzene rings is 2. The average molecular weight is 479 g/mol. The van der Waals surface area contributed by atoms with Crippen LogP contribution in [0.15, 0.2) is 51.7 Å². The summed E-state index contributed by atoms with van der Waals surface area (Å²) in [5.41, 5.74) is 2.52. The first-order chi connectivity index (χ1) is 17.0. The number of nitrogens with one attached hydrogen (secondary N) is 1. The van der Waals surface area contributed by atoms with E-state index in [1.54, 1.807) is 13.2 Å². The molecule has 0 atom stereocenters. The van der Waals surface area contributed by atoms with Crippen molar-refractivity contribution in [2.75, 3.05) is 81.8 Å². The van der Waals surface area contributed by atoms with Crippen molar-refractivity contribution in [2.24, 2.45) is 0 Å². The summed E-state index contributed by atoms with van der Waals surface area (Å²) in [4.78, 5) is 32.8. The molecule has 9 heteroatoms. The number of piperazine rings is 1. The standard InChI is InChI=1S/C26H30N4O5/c1-28-6-8-30(9-7-28)22-16-20(33-2)15-21-23(31)17-24(35-25(21)22)26(32)27-18-4-3-5-19(14-18)29-10-12-34-13-11-29/h3-5,14-17H,6-13H2,1-2H3,(H,27,32). The van der Waals surface area contributed by atoms with Crippen LogP contribution in [0.1, 0.15) is 10.6 Å². The molecule has 2 aliphatic heterocycles. The van der Waals surface area contributed by atoms with Gasteiger partial charge in [0.15, 0.2) is 16.8 Å². The molecule has 35 heavy (non-hydrogen) atoms. The lowest BCUT2D eigenvalue weighted by Gasteiger charge is -2.34. The summed E-state index contributed by atoms with van der Waals surface area (Å²) in [5, 5.41) is 3.28. The van der Waals surface area contributed by atoms with Crippen LogP contribution in [0, 0.1) is 0 Å². The monoisotopic (exact) mass is 478 g/mol. The number of carbonyl (C=O) groups excluding carboxylic acids is 1. The Morgan fingerprint density at radius 2 is 1.74 bits per heavy atom. The molecule has 2 aliphatic rings. The second-order valence-electron chi connectivity index (χ2n) is 8.89. The Morgan fingerprint density at radius 3 is 2.49 bits per heavy atom. The molecule has 0 spiro atoms. The third-order valence-electron chi connectivity index (χ3n) is 6.57. The second kappa shape index (κ2) is 9.97. The molecule has 0 bridgehead atoms. The highest BCUT2D eigenvalue weighted by molar-refractivity contribution is 6.04. The summed E-state index contributed by atoms with van der Waals surface area (Å²) in [5.74, 6) is 0.0824. The minimum atomic E-state index is -0.469. The summed E-state index contributed by atoms with van der Waals surface area (Å²) >= 11 is 0. The van der Waals surface area contributed by atoms with Gasteiger partial charge < -0.3 is 33.9 Å². The molecule has 184 valence electrons. The first-order valence-electron chi connectivity index (χ1n) is 11.9. The fourth-order valence-electron chi connectivity index (χ4n) is 4.52. The van der Waals surface area contributed by atoms with Gasteiger partial charge in [0.2, 0.25) is 0 Å². The number of hydrogen-bond acceptors (Lipinski definition) is 8. The van der Waals surface area contributed by atoms with Gasteiger partial charge in [-0.15, -0.1) is 0 Å². The molecular formula is C26H30N4O5. The Labute approximate surface area is 203 Å². The summed E-state index contributed by atoms with van der Waals surface area (Å²) in [7, 11) is 3.65. The van der Waals surface area contributed by atoms with Gasteiger partial charge in [0.05, 0.1) is 31.4 Å². The number of nitrogens with zero attached hydrogens (tertiary/aromatic N) is 3. The number of carbonyl (C=O) groups is 1. The highest BCUT2D eigenvalue weighted by atomic mass is 16.5. The quantitative estimate of drug-likeness (QED) is 0.599. The minimum Gasteiger partial charge on any atom is -0.497 e. The second-order valence-corrected chi connectivity index (χ2v) is 8.89. The van der Waals surface area contributed by atoms with Crippen molar-refractivity contribution in [1.29, 1.82) is 0 Å². The fraction of sp³-hybridized carbons (Fsp3) is 0.385. The number of anilines is 3. The number of hydrogen-bond donors (Lipinski definition) is 1. The van der Waals surface area contributed by atoms with Crippen molar-refractivity contribution < 1.29 is 18.7 Å². The van der Waals surface area contributed by atoms with Crippen LogP contribution in [0.3, 0.4) is 0 Å². The zero-order chi connectivity index (χ0) is 24.4. The summed E-state index contributed by atoms with van der Waals surface area (Å²) < 4.78 is 16.9. The number of likely N-dealkylation sites (N-methyl/N-ethyl adjacent to an activating group) is 1. The molecular weight excluding hydrogens is 448 g/mol. The molecule has 0 unspecified atom stereocenters. The molecule has 0 saturated carbocycles. The smallest absolute Gasteiger partial charge is 0.291 e. The number of fused-ring (bicyclic) bond motifs is 1. The largest absolute Gasteiger partial charge is 0.497 e. The molecule has 9 nitrogen and oxygen atoms in total. The first-order valence-corrected chi connectivity index (χ1v) is 11.9. The third-order valence-corrected chi connectivity index (χ3v) is 6.57.